The van der Waals surface area contributed by atoms with Gasteiger partial charge in [0.15, 0.2) is 0 Å². The lowest BCUT2D eigenvalue weighted by atomic mass is 10.0. The third kappa shape index (κ3) is 5.43. The molecular formula is C21H19NO4S. The molecule has 0 unspecified atom stereocenters. The molecule has 0 aromatic heterocycles. The fourth-order valence-corrected chi connectivity index (χ4v) is 2.98. The third-order valence-corrected chi connectivity index (χ3v) is 4.42. The van der Waals surface area contributed by atoms with E-state index in [1.165, 1.54) is 12.1 Å². The largest absolute Gasteiger partial charge is 0.489 e. The summed E-state index contributed by atoms with van der Waals surface area (Å²) in [6.45, 7) is 0.393. The van der Waals surface area contributed by atoms with E-state index in [4.69, 9.17) is 4.74 Å². The van der Waals surface area contributed by atoms with Crippen LogP contribution in [0.4, 0.5) is 0 Å². The molecule has 3 aromatic carbocycles. The molecule has 3 rings (SSSR count). The van der Waals surface area contributed by atoms with Crippen molar-refractivity contribution in [2.75, 3.05) is 6.26 Å². The van der Waals surface area contributed by atoms with Crippen LogP contribution in [0.2, 0.25) is 0 Å². The second kappa shape index (κ2) is 8.05. The van der Waals surface area contributed by atoms with E-state index in [0.717, 1.165) is 22.9 Å². The molecule has 0 bridgehead atoms. The Bertz CT molecular complexity index is 1010. The average molecular weight is 381 g/mol. The molecule has 5 nitrogen and oxygen atoms in total. The van der Waals surface area contributed by atoms with Crippen molar-refractivity contribution in [3.8, 4) is 16.9 Å². The Kier molecular flexibility index (Phi) is 5.57. The Morgan fingerprint density at radius 3 is 2.04 bits per heavy atom. The van der Waals surface area contributed by atoms with Crippen LogP contribution in [0.3, 0.4) is 0 Å². The summed E-state index contributed by atoms with van der Waals surface area (Å²) in [6, 6.07) is 24.6. The van der Waals surface area contributed by atoms with Gasteiger partial charge in [-0.1, -0.05) is 54.6 Å². The first kappa shape index (κ1) is 18.7. The SMILES string of the molecule is CS(=O)(=O)NC(=O)c1ccc(OCc2ccc(-c3ccccc3)cc2)cc1. The minimum absolute atomic E-state index is 0.250. The molecule has 0 atom stereocenters. The maximum atomic E-state index is 11.8. The van der Waals surface area contributed by atoms with Gasteiger partial charge in [0.05, 0.1) is 6.26 Å². The van der Waals surface area contributed by atoms with E-state index in [0.29, 0.717) is 12.4 Å². The normalized spacial score (nSPS) is 11.0. The summed E-state index contributed by atoms with van der Waals surface area (Å²) < 4.78 is 29.8. The van der Waals surface area contributed by atoms with Crippen LogP contribution in [0.1, 0.15) is 15.9 Å². The first-order valence-electron chi connectivity index (χ1n) is 8.30. The maximum absolute atomic E-state index is 11.8. The first-order chi connectivity index (χ1) is 12.9. The number of hydrogen-bond acceptors (Lipinski definition) is 4. The van der Waals surface area contributed by atoms with Crippen molar-refractivity contribution in [1.82, 2.24) is 4.72 Å². The highest BCUT2D eigenvalue weighted by Crippen LogP contribution is 2.20. The van der Waals surface area contributed by atoms with Crippen LogP contribution in [0.15, 0.2) is 78.9 Å². The summed E-state index contributed by atoms with van der Waals surface area (Å²) in [5, 5.41) is 0. The molecule has 6 heteroatoms. The number of ether oxygens (including phenoxy) is 1. The van der Waals surface area contributed by atoms with Crippen LogP contribution in [-0.4, -0.2) is 20.6 Å². The molecule has 27 heavy (non-hydrogen) atoms. The van der Waals surface area contributed by atoms with E-state index in [1.54, 1.807) is 12.1 Å². The van der Waals surface area contributed by atoms with Crippen molar-refractivity contribution in [1.29, 1.82) is 0 Å². The summed E-state index contributed by atoms with van der Waals surface area (Å²) >= 11 is 0. The van der Waals surface area contributed by atoms with Crippen LogP contribution in [0.25, 0.3) is 11.1 Å². The molecular weight excluding hydrogens is 362 g/mol. The lowest BCUT2D eigenvalue weighted by molar-refractivity contribution is 0.0981. The minimum Gasteiger partial charge on any atom is -0.489 e. The second-order valence-electron chi connectivity index (χ2n) is 6.08. The van der Waals surface area contributed by atoms with Crippen molar-refractivity contribution >= 4 is 15.9 Å². The van der Waals surface area contributed by atoms with Gasteiger partial charge in [0, 0.05) is 5.56 Å². The lowest BCUT2D eigenvalue weighted by Gasteiger charge is -2.08. The Labute approximate surface area is 158 Å². The van der Waals surface area contributed by atoms with Crippen molar-refractivity contribution in [3.05, 3.63) is 90.0 Å². The Hall–Kier alpha value is -3.12. The molecule has 3 aromatic rings. The van der Waals surface area contributed by atoms with Crippen molar-refractivity contribution in [3.63, 3.8) is 0 Å². The number of amides is 1. The molecule has 1 N–H and O–H groups in total. The molecule has 0 saturated heterocycles. The lowest BCUT2D eigenvalue weighted by Crippen LogP contribution is -2.29. The fraction of sp³-hybridized carbons (Fsp3) is 0.0952. The van der Waals surface area contributed by atoms with Crippen LogP contribution >= 0.6 is 0 Å². The van der Waals surface area contributed by atoms with Crippen molar-refractivity contribution < 1.29 is 17.9 Å². The van der Waals surface area contributed by atoms with E-state index >= 15 is 0 Å². The summed E-state index contributed by atoms with van der Waals surface area (Å²) in [7, 11) is -3.58. The van der Waals surface area contributed by atoms with Crippen molar-refractivity contribution in [2.45, 2.75) is 6.61 Å². The van der Waals surface area contributed by atoms with E-state index in [2.05, 4.69) is 12.1 Å². The number of sulfonamides is 1. The Morgan fingerprint density at radius 1 is 0.852 bits per heavy atom. The molecule has 138 valence electrons. The zero-order chi connectivity index (χ0) is 19.3. The van der Waals surface area contributed by atoms with Gasteiger partial charge in [-0.2, -0.15) is 0 Å². The highest BCUT2D eigenvalue weighted by atomic mass is 32.2. The van der Waals surface area contributed by atoms with Gasteiger partial charge in [0.2, 0.25) is 10.0 Å². The molecule has 1 amide bonds. The molecule has 0 radical (unpaired) electrons. The van der Waals surface area contributed by atoms with E-state index < -0.39 is 15.9 Å². The predicted octanol–water partition coefficient (Wildman–Crippen LogP) is 3.62. The number of benzene rings is 3. The molecule has 0 spiro atoms. The van der Waals surface area contributed by atoms with Crippen LogP contribution in [0, 0.1) is 0 Å². The number of carbonyl (C=O) groups is 1. The number of carbonyl (C=O) groups excluding carboxylic acids is 1. The second-order valence-corrected chi connectivity index (χ2v) is 7.83. The number of nitrogens with one attached hydrogen (secondary N) is 1. The molecule has 0 aliphatic carbocycles. The minimum atomic E-state index is -3.58. The maximum Gasteiger partial charge on any atom is 0.264 e. The highest BCUT2D eigenvalue weighted by Gasteiger charge is 2.10. The summed E-state index contributed by atoms with van der Waals surface area (Å²) in [5.74, 6) is -0.0707. The number of rotatable bonds is 6. The van der Waals surface area contributed by atoms with E-state index in [1.807, 2.05) is 47.2 Å². The van der Waals surface area contributed by atoms with Gasteiger partial charge >= 0.3 is 0 Å². The van der Waals surface area contributed by atoms with Gasteiger partial charge in [-0.15, -0.1) is 0 Å². The van der Waals surface area contributed by atoms with Crippen molar-refractivity contribution in [2.24, 2.45) is 0 Å². The quantitative estimate of drug-likeness (QED) is 0.708. The summed E-state index contributed by atoms with van der Waals surface area (Å²) in [6.07, 6.45) is 0.936. The van der Waals surface area contributed by atoms with Gasteiger partial charge < -0.3 is 4.74 Å². The van der Waals surface area contributed by atoms with Gasteiger partial charge in [0.1, 0.15) is 12.4 Å². The third-order valence-electron chi connectivity index (χ3n) is 3.86. The topological polar surface area (TPSA) is 72.5 Å². The molecule has 0 heterocycles. The molecule has 0 aliphatic rings. The average Bonchev–Trinajstić information content (AvgIpc) is 2.66. The molecule has 0 saturated carbocycles. The van der Waals surface area contributed by atoms with E-state index in [9.17, 15) is 13.2 Å². The predicted molar refractivity (Wildman–Crippen MR) is 105 cm³/mol. The summed E-state index contributed by atoms with van der Waals surface area (Å²) in [4.78, 5) is 11.8. The zero-order valence-electron chi connectivity index (χ0n) is 14.8. The van der Waals surface area contributed by atoms with Gasteiger partial charge in [-0.05, 0) is 41.0 Å². The van der Waals surface area contributed by atoms with E-state index in [-0.39, 0.29) is 5.56 Å². The first-order valence-corrected chi connectivity index (χ1v) is 10.2. The zero-order valence-corrected chi connectivity index (χ0v) is 15.6. The smallest absolute Gasteiger partial charge is 0.264 e. The standard InChI is InChI=1S/C21H19NO4S/c1-27(24,25)22-21(23)19-11-13-20(14-12-19)26-15-16-7-9-18(10-8-16)17-5-3-2-4-6-17/h2-14H,15H2,1H3,(H,22,23). The van der Waals surface area contributed by atoms with Gasteiger partial charge in [-0.25, -0.2) is 13.1 Å². The van der Waals surface area contributed by atoms with Gasteiger partial charge in [0.25, 0.3) is 5.91 Å². The molecule has 0 fully saturated rings. The monoisotopic (exact) mass is 381 g/mol. The van der Waals surface area contributed by atoms with Gasteiger partial charge in [-0.3, -0.25) is 4.79 Å². The van der Waals surface area contributed by atoms with Crippen LogP contribution in [0.5, 0.6) is 5.75 Å². The Balaban J connectivity index is 1.59. The Morgan fingerprint density at radius 2 is 1.44 bits per heavy atom. The van der Waals surface area contributed by atoms with Crippen LogP contribution < -0.4 is 9.46 Å². The van der Waals surface area contributed by atoms with Crippen LogP contribution in [-0.2, 0) is 16.6 Å². The fourth-order valence-electron chi connectivity index (χ4n) is 2.52. The molecule has 0 aliphatic heterocycles. The summed E-state index contributed by atoms with van der Waals surface area (Å²) in [5.41, 5.74) is 3.57. The number of hydrogen-bond donors (Lipinski definition) is 1. The highest BCUT2D eigenvalue weighted by molar-refractivity contribution is 7.89.